The fourth-order valence-corrected chi connectivity index (χ4v) is 1.07. The van der Waals surface area contributed by atoms with Crippen LogP contribution in [0.5, 0.6) is 0 Å². The molecule has 0 bridgehead atoms. The molecule has 0 aromatic carbocycles. The van der Waals surface area contributed by atoms with Gasteiger partial charge in [-0.25, -0.2) is 4.79 Å². The Balaban J connectivity index is 2.44. The Bertz CT molecular complexity index is 300. The molecule has 1 aliphatic heterocycles. The van der Waals surface area contributed by atoms with E-state index in [0.29, 0.717) is 19.8 Å². The van der Waals surface area contributed by atoms with E-state index < -0.39 is 12.1 Å². The molecule has 1 N–H and O–H groups in total. The second-order valence-electron chi connectivity index (χ2n) is 3.14. The Morgan fingerprint density at radius 3 is 2.88 bits per heavy atom. The molecule has 0 aliphatic carbocycles. The minimum Gasteiger partial charge on any atom is -0.493 e. The SMILES string of the molecule is CCNC(=O)[C@@H](C)OC(=O)C1=COCCO1. The third-order valence-electron chi connectivity index (χ3n) is 1.85. The van der Waals surface area contributed by atoms with E-state index in [1.807, 2.05) is 0 Å². The number of rotatable bonds is 4. The molecule has 0 spiro atoms. The highest BCUT2D eigenvalue weighted by molar-refractivity contribution is 5.89. The quantitative estimate of drug-likeness (QED) is 0.684. The summed E-state index contributed by atoms with van der Waals surface area (Å²) in [5.74, 6) is -1.05. The smallest absolute Gasteiger partial charge is 0.377 e. The van der Waals surface area contributed by atoms with E-state index in [1.54, 1.807) is 6.92 Å². The van der Waals surface area contributed by atoms with Crippen molar-refractivity contribution in [1.82, 2.24) is 5.32 Å². The number of esters is 1. The zero-order chi connectivity index (χ0) is 12.0. The molecule has 1 heterocycles. The number of hydrogen-bond donors (Lipinski definition) is 1. The minimum absolute atomic E-state index is 0.0117. The predicted octanol–water partition coefficient (Wildman–Crippen LogP) is -0.0576. The van der Waals surface area contributed by atoms with Crippen molar-refractivity contribution in [2.75, 3.05) is 19.8 Å². The summed E-state index contributed by atoms with van der Waals surface area (Å²) in [6.07, 6.45) is 0.342. The van der Waals surface area contributed by atoms with Gasteiger partial charge in [0.2, 0.25) is 5.76 Å². The third-order valence-corrected chi connectivity index (χ3v) is 1.85. The number of amides is 1. The van der Waals surface area contributed by atoms with Gasteiger partial charge in [-0.1, -0.05) is 0 Å². The van der Waals surface area contributed by atoms with Crippen molar-refractivity contribution >= 4 is 11.9 Å². The molecule has 0 radical (unpaired) electrons. The average molecular weight is 229 g/mol. The lowest BCUT2D eigenvalue weighted by molar-refractivity contribution is -0.155. The highest BCUT2D eigenvalue weighted by Gasteiger charge is 2.22. The first kappa shape index (κ1) is 12.4. The second kappa shape index (κ2) is 5.99. The maximum Gasteiger partial charge on any atom is 0.377 e. The number of ether oxygens (including phenoxy) is 3. The molecule has 16 heavy (non-hydrogen) atoms. The van der Waals surface area contributed by atoms with Crippen LogP contribution >= 0.6 is 0 Å². The molecule has 0 saturated carbocycles. The molecule has 1 atom stereocenters. The molecule has 1 rings (SSSR count). The number of nitrogens with one attached hydrogen (secondary N) is 1. The van der Waals surface area contributed by atoms with Crippen molar-refractivity contribution in [2.24, 2.45) is 0 Å². The standard InChI is InChI=1S/C10H15NO5/c1-3-11-9(12)7(2)16-10(13)8-6-14-4-5-15-8/h6-7H,3-5H2,1-2H3,(H,11,12)/t7-/m1/s1. The highest BCUT2D eigenvalue weighted by atomic mass is 16.6. The Hall–Kier alpha value is -1.72. The van der Waals surface area contributed by atoms with Crippen molar-refractivity contribution in [1.29, 1.82) is 0 Å². The molecular weight excluding hydrogens is 214 g/mol. The van der Waals surface area contributed by atoms with Gasteiger partial charge in [-0.05, 0) is 13.8 Å². The van der Waals surface area contributed by atoms with Crippen LogP contribution in [0.2, 0.25) is 0 Å². The van der Waals surface area contributed by atoms with Gasteiger partial charge in [-0.2, -0.15) is 0 Å². The number of hydrogen-bond acceptors (Lipinski definition) is 5. The van der Waals surface area contributed by atoms with E-state index in [1.165, 1.54) is 13.2 Å². The van der Waals surface area contributed by atoms with Gasteiger partial charge in [0.1, 0.15) is 19.5 Å². The van der Waals surface area contributed by atoms with Crippen LogP contribution in [0.4, 0.5) is 0 Å². The number of carbonyl (C=O) groups is 2. The first-order valence-corrected chi connectivity index (χ1v) is 5.08. The van der Waals surface area contributed by atoms with Crippen molar-refractivity contribution < 1.29 is 23.8 Å². The summed E-state index contributed by atoms with van der Waals surface area (Å²) >= 11 is 0. The highest BCUT2D eigenvalue weighted by Crippen LogP contribution is 2.07. The van der Waals surface area contributed by atoms with Crippen LogP contribution in [0, 0.1) is 0 Å². The molecule has 1 aliphatic rings. The van der Waals surface area contributed by atoms with Crippen LogP contribution in [-0.4, -0.2) is 37.7 Å². The van der Waals surface area contributed by atoms with E-state index in [4.69, 9.17) is 14.2 Å². The zero-order valence-electron chi connectivity index (χ0n) is 9.32. The van der Waals surface area contributed by atoms with E-state index in [9.17, 15) is 9.59 Å². The van der Waals surface area contributed by atoms with Crippen molar-refractivity contribution in [3.8, 4) is 0 Å². The summed E-state index contributed by atoms with van der Waals surface area (Å²) in [5, 5.41) is 2.55. The predicted molar refractivity (Wildman–Crippen MR) is 54.2 cm³/mol. The van der Waals surface area contributed by atoms with Gasteiger partial charge < -0.3 is 19.5 Å². The topological polar surface area (TPSA) is 73.9 Å². The summed E-state index contributed by atoms with van der Waals surface area (Å²) in [4.78, 5) is 22.7. The maximum atomic E-state index is 11.4. The minimum atomic E-state index is -0.848. The zero-order valence-corrected chi connectivity index (χ0v) is 9.32. The van der Waals surface area contributed by atoms with E-state index in [2.05, 4.69) is 5.32 Å². The first-order chi connectivity index (χ1) is 7.65. The van der Waals surface area contributed by atoms with Crippen LogP contribution in [0.3, 0.4) is 0 Å². The van der Waals surface area contributed by atoms with Crippen molar-refractivity contribution in [3.05, 3.63) is 12.0 Å². The number of carbonyl (C=O) groups excluding carboxylic acids is 2. The summed E-state index contributed by atoms with van der Waals surface area (Å²) in [7, 11) is 0. The fourth-order valence-electron chi connectivity index (χ4n) is 1.07. The molecule has 0 aromatic heterocycles. The van der Waals surface area contributed by atoms with E-state index in [0.717, 1.165) is 0 Å². The second-order valence-corrected chi connectivity index (χ2v) is 3.14. The molecule has 90 valence electrons. The Labute approximate surface area is 93.5 Å². The van der Waals surface area contributed by atoms with Crippen molar-refractivity contribution in [2.45, 2.75) is 20.0 Å². The summed E-state index contributed by atoms with van der Waals surface area (Å²) in [5.41, 5.74) is 0. The van der Waals surface area contributed by atoms with Crippen LogP contribution in [0.25, 0.3) is 0 Å². The van der Waals surface area contributed by atoms with Crippen LogP contribution in [-0.2, 0) is 23.8 Å². The lowest BCUT2D eigenvalue weighted by Crippen LogP contribution is -2.36. The molecular formula is C10H15NO5. The fraction of sp³-hybridized carbons (Fsp3) is 0.600. The number of likely N-dealkylation sites (N-methyl/N-ethyl adjacent to an activating group) is 1. The average Bonchev–Trinajstić information content (AvgIpc) is 2.30. The van der Waals surface area contributed by atoms with Gasteiger partial charge >= 0.3 is 5.97 Å². The monoisotopic (exact) mass is 229 g/mol. The summed E-state index contributed by atoms with van der Waals surface area (Å²) in [6, 6.07) is 0. The maximum absolute atomic E-state index is 11.4. The Morgan fingerprint density at radius 1 is 1.56 bits per heavy atom. The van der Waals surface area contributed by atoms with Gasteiger partial charge in [0, 0.05) is 6.54 Å². The van der Waals surface area contributed by atoms with Crippen LogP contribution in [0.15, 0.2) is 12.0 Å². The lowest BCUT2D eigenvalue weighted by Gasteiger charge is -2.17. The molecule has 1 amide bonds. The largest absolute Gasteiger partial charge is 0.493 e. The van der Waals surface area contributed by atoms with Gasteiger partial charge in [0.25, 0.3) is 5.91 Å². The molecule has 0 unspecified atom stereocenters. The first-order valence-electron chi connectivity index (χ1n) is 5.08. The molecule has 6 nitrogen and oxygen atoms in total. The van der Waals surface area contributed by atoms with Crippen molar-refractivity contribution in [3.63, 3.8) is 0 Å². The normalized spacial score (nSPS) is 16.2. The van der Waals surface area contributed by atoms with Gasteiger partial charge in [-0.3, -0.25) is 4.79 Å². The summed E-state index contributed by atoms with van der Waals surface area (Å²) < 4.78 is 14.8. The van der Waals surface area contributed by atoms with E-state index >= 15 is 0 Å². The van der Waals surface area contributed by atoms with Crippen LogP contribution in [0.1, 0.15) is 13.8 Å². The Morgan fingerprint density at radius 2 is 2.31 bits per heavy atom. The molecule has 0 fully saturated rings. The van der Waals surface area contributed by atoms with Gasteiger partial charge in [0.15, 0.2) is 6.10 Å². The van der Waals surface area contributed by atoms with Crippen LogP contribution < -0.4 is 5.32 Å². The third kappa shape index (κ3) is 3.45. The Kier molecular flexibility index (Phi) is 4.63. The lowest BCUT2D eigenvalue weighted by atomic mass is 10.3. The van der Waals surface area contributed by atoms with Gasteiger partial charge in [-0.15, -0.1) is 0 Å². The molecule has 0 saturated heterocycles. The van der Waals surface area contributed by atoms with Gasteiger partial charge in [0.05, 0.1) is 0 Å². The molecule has 6 heteroatoms. The summed E-state index contributed by atoms with van der Waals surface area (Å²) in [6.45, 7) is 4.47. The molecule has 0 aromatic rings. The van der Waals surface area contributed by atoms with E-state index in [-0.39, 0.29) is 11.7 Å².